The van der Waals surface area contributed by atoms with E-state index < -0.39 is 0 Å². The summed E-state index contributed by atoms with van der Waals surface area (Å²) >= 11 is 7.39. The fourth-order valence-electron chi connectivity index (χ4n) is 2.15. The highest BCUT2D eigenvalue weighted by atomic mass is 127. The molecule has 122 valence electrons. The number of benzene rings is 1. The van der Waals surface area contributed by atoms with Gasteiger partial charge in [-0.2, -0.15) is 0 Å². The van der Waals surface area contributed by atoms with Crippen LogP contribution in [0, 0.1) is 3.57 Å². The summed E-state index contributed by atoms with van der Waals surface area (Å²) in [6.07, 6.45) is 3.47. The smallest absolute Gasteiger partial charge is 0.276 e. The van der Waals surface area contributed by atoms with Gasteiger partial charge in [-0.1, -0.05) is 12.7 Å². The van der Waals surface area contributed by atoms with Crippen LogP contribution < -0.4 is 9.47 Å². The van der Waals surface area contributed by atoms with Gasteiger partial charge in [0, 0.05) is 14.1 Å². The van der Waals surface area contributed by atoms with Crippen molar-refractivity contribution in [2.24, 2.45) is 0 Å². The Labute approximate surface area is 154 Å². The predicted octanol–water partition coefficient (Wildman–Crippen LogP) is 2.89. The molecule has 1 aromatic rings. The lowest BCUT2D eigenvalue weighted by Crippen LogP contribution is -2.26. The molecule has 1 aliphatic rings. The average Bonchev–Trinajstić information content (AvgIpc) is 2.71. The molecule has 1 heterocycles. The van der Waals surface area contributed by atoms with Crippen LogP contribution in [0.2, 0.25) is 0 Å². The number of hydrogen-bond donors (Lipinski definition) is 0. The minimum absolute atomic E-state index is 0.126. The molecular formula is C16H17IN2O3S. The van der Waals surface area contributed by atoms with Gasteiger partial charge >= 0.3 is 0 Å². The van der Waals surface area contributed by atoms with E-state index in [9.17, 15) is 4.79 Å². The second kappa shape index (κ2) is 7.31. The second-order valence-electron chi connectivity index (χ2n) is 4.87. The topological polar surface area (TPSA) is 42.0 Å². The molecule has 0 N–H and O–H groups in total. The van der Waals surface area contributed by atoms with Gasteiger partial charge in [0.2, 0.25) is 0 Å². The Morgan fingerprint density at radius 3 is 2.57 bits per heavy atom. The maximum absolute atomic E-state index is 12.2. The molecule has 1 amide bonds. The summed E-state index contributed by atoms with van der Waals surface area (Å²) in [6, 6.07) is 3.76. The molecule has 0 bridgehead atoms. The SMILES string of the molecule is C=CCOc1c(I)cc(/C=C2/C(=O)N(C)C(=S)N2C)cc1OC. The monoisotopic (exact) mass is 444 g/mol. The minimum atomic E-state index is -0.126. The molecule has 0 spiro atoms. The van der Waals surface area contributed by atoms with Crippen molar-refractivity contribution < 1.29 is 14.3 Å². The first kappa shape index (κ1) is 17.7. The van der Waals surface area contributed by atoms with E-state index in [4.69, 9.17) is 21.7 Å². The quantitative estimate of drug-likeness (QED) is 0.303. The van der Waals surface area contributed by atoms with Crippen LogP contribution in [0.25, 0.3) is 6.08 Å². The minimum Gasteiger partial charge on any atom is -0.493 e. The molecule has 0 aliphatic carbocycles. The number of likely N-dealkylation sites (N-methyl/N-ethyl adjacent to an activating group) is 2. The number of amides is 1. The summed E-state index contributed by atoms with van der Waals surface area (Å²) in [7, 11) is 5.02. The number of thiocarbonyl (C=S) groups is 1. The fraction of sp³-hybridized carbons (Fsp3) is 0.250. The molecule has 0 unspecified atom stereocenters. The zero-order chi connectivity index (χ0) is 17.1. The van der Waals surface area contributed by atoms with Gasteiger partial charge in [0.1, 0.15) is 12.3 Å². The van der Waals surface area contributed by atoms with E-state index in [1.54, 1.807) is 38.3 Å². The highest BCUT2D eigenvalue weighted by Gasteiger charge is 2.32. The van der Waals surface area contributed by atoms with E-state index in [2.05, 4.69) is 29.2 Å². The first-order valence-corrected chi connectivity index (χ1v) is 8.28. The van der Waals surface area contributed by atoms with Crippen molar-refractivity contribution in [2.45, 2.75) is 0 Å². The Morgan fingerprint density at radius 1 is 1.35 bits per heavy atom. The summed E-state index contributed by atoms with van der Waals surface area (Å²) < 4.78 is 11.9. The van der Waals surface area contributed by atoms with Crippen molar-refractivity contribution in [3.63, 3.8) is 0 Å². The molecule has 2 rings (SSSR count). The summed E-state index contributed by atoms with van der Waals surface area (Å²) in [5.74, 6) is 1.14. The lowest BCUT2D eigenvalue weighted by Gasteiger charge is -2.13. The molecule has 7 heteroatoms. The number of methoxy groups -OCH3 is 1. The first-order valence-electron chi connectivity index (χ1n) is 6.79. The third kappa shape index (κ3) is 3.50. The van der Waals surface area contributed by atoms with Crippen molar-refractivity contribution in [3.8, 4) is 11.5 Å². The Balaban J connectivity index is 2.43. The second-order valence-corrected chi connectivity index (χ2v) is 6.40. The van der Waals surface area contributed by atoms with E-state index in [0.29, 0.717) is 28.9 Å². The Hall–Kier alpha value is -1.61. The normalized spacial score (nSPS) is 16.3. The average molecular weight is 444 g/mol. The molecular weight excluding hydrogens is 427 g/mol. The summed E-state index contributed by atoms with van der Waals surface area (Å²) in [5.41, 5.74) is 1.36. The number of nitrogens with zero attached hydrogens (tertiary/aromatic N) is 2. The number of carbonyl (C=O) groups is 1. The molecule has 0 saturated carbocycles. The van der Waals surface area contributed by atoms with E-state index in [1.807, 2.05) is 12.1 Å². The molecule has 0 radical (unpaired) electrons. The number of halogens is 1. The van der Waals surface area contributed by atoms with Crippen molar-refractivity contribution in [2.75, 3.05) is 27.8 Å². The van der Waals surface area contributed by atoms with E-state index in [0.717, 1.165) is 9.13 Å². The molecule has 1 aliphatic heterocycles. The summed E-state index contributed by atoms with van der Waals surface area (Å²) in [4.78, 5) is 15.4. The third-order valence-electron chi connectivity index (χ3n) is 3.36. The fourth-order valence-corrected chi connectivity index (χ4v) is 3.11. The molecule has 23 heavy (non-hydrogen) atoms. The molecule has 5 nitrogen and oxygen atoms in total. The van der Waals surface area contributed by atoms with Crippen LogP contribution in [0.5, 0.6) is 11.5 Å². The maximum Gasteiger partial charge on any atom is 0.276 e. The van der Waals surface area contributed by atoms with Crippen molar-refractivity contribution >= 4 is 51.9 Å². The van der Waals surface area contributed by atoms with Crippen LogP contribution in [0.4, 0.5) is 0 Å². The van der Waals surface area contributed by atoms with E-state index in [1.165, 1.54) is 4.90 Å². The van der Waals surface area contributed by atoms with Gasteiger partial charge in [0.25, 0.3) is 5.91 Å². The molecule has 1 aromatic carbocycles. The van der Waals surface area contributed by atoms with Crippen molar-refractivity contribution in [3.05, 3.63) is 39.6 Å². The Bertz CT molecular complexity index is 703. The van der Waals surface area contributed by atoms with Gasteiger partial charge in [-0.15, -0.1) is 0 Å². The van der Waals surface area contributed by atoms with Gasteiger partial charge in [-0.25, -0.2) is 0 Å². The van der Waals surface area contributed by atoms with Gasteiger partial charge in [0.15, 0.2) is 16.6 Å². The van der Waals surface area contributed by atoms with Crippen LogP contribution in [0.15, 0.2) is 30.5 Å². The van der Waals surface area contributed by atoms with Crippen molar-refractivity contribution in [1.29, 1.82) is 0 Å². The van der Waals surface area contributed by atoms with Crippen LogP contribution in [0.3, 0.4) is 0 Å². The first-order chi connectivity index (χ1) is 10.9. The van der Waals surface area contributed by atoms with E-state index >= 15 is 0 Å². The molecule has 1 saturated heterocycles. The lowest BCUT2D eigenvalue weighted by molar-refractivity contribution is -0.121. The van der Waals surface area contributed by atoms with Gasteiger partial charge < -0.3 is 14.4 Å². The molecule has 0 atom stereocenters. The van der Waals surface area contributed by atoms with Crippen LogP contribution in [-0.2, 0) is 4.79 Å². The highest BCUT2D eigenvalue weighted by molar-refractivity contribution is 14.1. The van der Waals surface area contributed by atoms with E-state index in [-0.39, 0.29) is 5.91 Å². The summed E-state index contributed by atoms with van der Waals surface area (Å²) in [5, 5.41) is 0.480. The standard InChI is InChI=1S/C16H17IN2O3S/c1-5-6-22-14-11(17)7-10(9-13(14)21-4)8-12-15(20)19(3)16(23)18(12)2/h5,7-9H,1,6H2,2-4H3/b12-8-. The number of carbonyl (C=O) groups excluding carboxylic acids is 1. The lowest BCUT2D eigenvalue weighted by atomic mass is 10.1. The zero-order valence-electron chi connectivity index (χ0n) is 13.1. The van der Waals surface area contributed by atoms with Crippen LogP contribution in [-0.4, -0.2) is 48.6 Å². The Kier molecular flexibility index (Phi) is 5.64. The largest absolute Gasteiger partial charge is 0.493 e. The van der Waals surface area contributed by atoms with Gasteiger partial charge in [-0.3, -0.25) is 9.69 Å². The van der Waals surface area contributed by atoms with Crippen LogP contribution >= 0.6 is 34.8 Å². The highest BCUT2D eigenvalue weighted by Crippen LogP contribution is 2.35. The maximum atomic E-state index is 12.2. The number of rotatable bonds is 5. The van der Waals surface area contributed by atoms with Gasteiger partial charge in [-0.05, 0) is 58.6 Å². The predicted molar refractivity (Wildman–Crippen MR) is 103 cm³/mol. The zero-order valence-corrected chi connectivity index (χ0v) is 16.1. The number of ether oxygens (including phenoxy) is 2. The Morgan fingerprint density at radius 2 is 2.04 bits per heavy atom. The molecule has 1 fully saturated rings. The van der Waals surface area contributed by atoms with Gasteiger partial charge in [0.05, 0.1) is 10.7 Å². The van der Waals surface area contributed by atoms with Crippen LogP contribution in [0.1, 0.15) is 5.56 Å². The summed E-state index contributed by atoms with van der Waals surface area (Å²) in [6.45, 7) is 4.04. The number of hydrogen-bond acceptors (Lipinski definition) is 4. The third-order valence-corrected chi connectivity index (χ3v) is 4.71. The van der Waals surface area contributed by atoms with Crippen molar-refractivity contribution in [1.82, 2.24) is 9.80 Å². The molecule has 0 aromatic heterocycles.